The zero-order valence-corrected chi connectivity index (χ0v) is 13.3. The van der Waals surface area contributed by atoms with Gasteiger partial charge >= 0.3 is 0 Å². The lowest BCUT2D eigenvalue weighted by molar-refractivity contribution is -0.113. The van der Waals surface area contributed by atoms with E-state index in [-0.39, 0.29) is 5.91 Å². The number of carbonyl (C=O) groups is 1. The van der Waals surface area contributed by atoms with Crippen LogP contribution in [0.1, 0.15) is 11.1 Å². The van der Waals surface area contributed by atoms with Gasteiger partial charge in [0.15, 0.2) is 5.17 Å². The topological polar surface area (TPSA) is 32.7 Å². The molecule has 0 N–H and O–H groups in total. The summed E-state index contributed by atoms with van der Waals surface area (Å²) < 4.78 is 0. The fourth-order valence-corrected chi connectivity index (χ4v) is 2.82. The van der Waals surface area contributed by atoms with E-state index in [1.807, 2.05) is 73.9 Å². The lowest BCUT2D eigenvalue weighted by atomic mass is 10.1. The first-order chi connectivity index (χ1) is 10.7. The Hall–Kier alpha value is -2.33. The maximum Gasteiger partial charge on any atom is 0.283 e. The van der Waals surface area contributed by atoms with E-state index >= 15 is 0 Å². The highest BCUT2D eigenvalue weighted by Gasteiger charge is 2.30. The van der Waals surface area contributed by atoms with Crippen molar-refractivity contribution >= 4 is 34.6 Å². The maximum atomic E-state index is 12.7. The maximum absolute atomic E-state index is 12.7. The molecule has 0 aromatic heterocycles. The highest BCUT2D eigenvalue weighted by molar-refractivity contribution is 8.13. The van der Waals surface area contributed by atoms with E-state index in [0.717, 1.165) is 11.3 Å². The molecule has 110 valence electrons. The number of amidine groups is 1. The zero-order valence-electron chi connectivity index (χ0n) is 12.5. The molecular weight excluding hydrogens is 292 g/mol. The molecular formula is C18H16N2OS. The van der Waals surface area contributed by atoms with Crippen molar-refractivity contribution in [3.05, 3.63) is 71.4 Å². The van der Waals surface area contributed by atoms with Crippen LogP contribution in [0.15, 0.2) is 65.3 Å². The summed E-state index contributed by atoms with van der Waals surface area (Å²) in [6, 6.07) is 17.6. The number of para-hydroxylation sites is 1. The van der Waals surface area contributed by atoms with Crippen LogP contribution in [0.25, 0.3) is 6.08 Å². The summed E-state index contributed by atoms with van der Waals surface area (Å²) in [5.41, 5.74) is 3.48. The van der Waals surface area contributed by atoms with Crippen LogP contribution in [-0.4, -0.2) is 17.3 Å². The van der Waals surface area contributed by atoms with Crippen LogP contribution >= 0.6 is 11.8 Å². The molecule has 22 heavy (non-hydrogen) atoms. The van der Waals surface area contributed by atoms with Crippen LogP contribution in [0.3, 0.4) is 0 Å². The summed E-state index contributed by atoms with van der Waals surface area (Å²) in [6.45, 7) is 2.04. The van der Waals surface area contributed by atoms with Crippen molar-refractivity contribution in [3.63, 3.8) is 0 Å². The van der Waals surface area contributed by atoms with Crippen molar-refractivity contribution in [3.8, 4) is 0 Å². The molecule has 0 saturated heterocycles. The summed E-state index contributed by atoms with van der Waals surface area (Å²) in [5.74, 6) is -0.0869. The number of hydrogen-bond donors (Lipinski definition) is 0. The Morgan fingerprint density at radius 3 is 2.36 bits per heavy atom. The summed E-state index contributed by atoms with van der Waals surface area (Å²) in [5, 5.41) is 0.703. The normalized spacial score (nSPS) is 16.3. The van der Waals surface area contributed by atoms with Crippen LogP contribution in [0.5, 0.6) is 0 Å². The molecule has 1 heterocycles. The highest BCUT2D eigenvalue weighted by atomic mass is 32.2. The van der Waals surface area contributed by atoms with Gasteiger partial charge in [-0.2, -0.15) is 0 Å². The van der Waals surface area contributed by atoms with Crippen molar-refractivity contribution in [1.29, 1.82) is 0 Å². The molecule has 4 heteroatoms. The molecule has 3 nitrogen and oxygen atoms in total. The van der Waals surface area contributed by atoms with Crippen LogP contribution in [0, 0.1) is 6.92 Å². The van der Waals surface area contributed by atoms with Gasteiger partial charge in [-0.15, -0.1) is 0 Å². The van der Waals surface area contributed by atoms with Crippen molar-refractivity contribution < 1.29 is 4.79 Å². The van der Waals surface area contributed by atoms with Gasteiger partial charge < -0.3 is 0 Å². The molecule has 0 saturated carbocycles. The average Bonchev–Trinajstić information content (AvgIpc) is 2.86. The van der Waals surface area contributed by atoms with E-state index in [0.29, 0.717) is 10.9 Å². The molecule has 0 atom stereocenters. The summed E-state index contributed by atoms with van der Waals surface area (Å²) in [4.78, 5) is 18.8. The largest absolute Gasteiger partial charge is 0.283 e. The first-order valence-corrected chi connectivity index (χ1v) is 8.22. The second kappa shape index (κ2) is 6.20. The molecule has 0 radical (unpaired) electrons. The fraction of sp³-hybridized carbons (Fsp3) is 0.111. The van der Waals surface area contributed by atoms with Gasteiger partial charge in [-0.3, -0.25) is 9.69 Å². The van der Waals surface area contributed by atoms with E-state index < -0.39 is 0 Å². The van der Waals surface area contributed by atoms with Crippen molar-refractivity contribution in [1.82, 2.24) is 0 Å². The van der Waals surface area contributed by atoms with Gasteiger partial charge in [-0.25, -0.2) is 4.99 Å². The number of carbonyl (C=O) groups excluding carboxylic acids is 1. The smallest absolute Gasteiger partial charge is 0.266 e. The molecule has 0 unspecified atom stereocenters. The molecule has 1 aliphatic rings. The number of aliphatic imine (C=N–C) groups is 1. The van der Waals surface area contributed by atoms with E-state index in [1.165, 1.54) is 17.3 Å². The van der Waals surface area contributed by atoms with Gasteiger partial charge in [0.1, 0.15) is 5.70 Å². The molecule has 0 fully saturated rings. The number of nitrogens with zero attached hydrogens (tertiary/aromatic N) is 2. The summed E-state index contributed by atoms with van der Waals surface area (Å²) in [7, 11) is 0. The Balaban J connectivity index is 1.97. The molecule has 0 spiro atoms. The van der Waals surface area contributed by atoms with Crippen molar-refractivity contribution in [2.75, 3.05) is 11.2 Å². The Kier molecular flexibility index (Phi) is 4.11. The van der Waals surface area contributed by atoms with Crippen LogP contribution in [0.2, 0.25) is 0 Å². The lowest BCUT2D eigenvalue weighted by Gasteiger charge is -2.16. The van der Waals surface area contributed by atoms with Crippen molar-refractivity contribution in [2.45, 2.75) is 6.92 Å². The Morgan fingerprint density at radius 2 is 1.73 bits per heavy atom. The third kappa shape index (κ3) is 2.83. The summed E-state index contributed by atoms with van der Waals surface area (Å²) in [6.07, 6.45) is 3.76. The standard InChI is InChI=1S/C18H16N2OS/c1-13-8-10-14(11-9-13)12-16-17(21)20(18(19-16)22-2)15-6-4-3-5-7-15/h3-12H,1-2H3/b16-12+. The van der Waals surface area contributed by atoms with E-state index in [2.05, 4.69) is 4.99 Å². The quantitative estimate of drug-likeness (QED) is 0.782. The monoisotopic (exact) mass is 308 g/mol. The molecule has 0 aliphatic carbocycles. The molecule has 1 amide bonds. The first-order valence-electron chi connectivity index (χ1n) is 6.99. The number of rotatable bonds is 2. The lowest BCUT2D eigenvalue weighted by Crippen LogP contribution is -2.29. The van der Waals surface area contributed by atoms with Gasteiger partial charge in [-0.05, 0) is 37.0 Å². The number of thioether (sulfide) groups is 1. The van der Waals surface area contributed by atoms with Gasteiger partial charge in [0.25, 0.3) is 5.91 Å². The Morgan fingerprint density at radius 1 is 1.05 bits per heavy atom. The van der Waals surface area contributed by atoms with E-state index in [9.17, 15) is 4.79 Å². The average molecular weight is 308 g/mol. The van der Waals surface area contributed by atoms with Crippen molar-refractivity contribution in [2.24, 2.45) is 4.99 Å². The molecule has 2 aromatic carbocycles. The van der Waals surface area contributed by atoms with Gasteiger partial charge in [0.2, 0.25) is 0 Å². The van der Waals surface area contributed by atoms with Gasteiger partial charge in [-0.1, -0.05) is 59.8 Å². The zero-order chi connectivity index (χ0) is 15.5. The minimum atomic E-state index is -0.0869. The minimum absolute atomic E-state index is 0.0869. The number of benzene rings is 2. The minimum Gasteiger partial charge on any atom is -0.266 e. The number of aryl methyl sites for hydroxylation is 1. The number of anilines is 1. The number of amides is 1. The van der Waals surface area contributed by atoms with Crippen LogP contribution < -0.4 is 4.90 Å². The number of hydrogen-bond acceptors (Lipinski definition) is 3. The molecule has 2 aromatic rings. The van der Waals surface area contributed by atoms with Gasteiger partial charge in [0.05, 0.1) is 5.69 Å². The highest BCUT2D eigenvalue weighted by Crippen LogP contribution is 2.28. The molecule has 0 bridgehead atoms. The van der Waals surface area contributed by atoms with Gasteiger partial charge in [0, 0.05) is 0 Å². The molecule has 3 rings (SSSR count). The second-order valence-corrected chi connectivity index (χ2v) is 5.79. The predicted octanol–water partition coefficient (Wildman–Crippen LogP) is 4.10. The third-order valence-electron chi connectivity index (χ3n) is 3.41. The predicted molar refractivity (Wildman–Crippen MR) is 94.0 cm³/mol. The van der Waals surface area contributed by atoms with Crippen LogP contribution in [-0.2, 0) is 4.79 Å². The first kappa shape index (κ1) is 14.6. The SMILES string of the molecule is CSC1=N/C(=C/c2ccc(C)cc2)C(=O)N1c1ccccc1. The third-order valence-corrected chi connectivity index (χ3v) is 4.05. The Bertz CT molecular complexity index is 748. The Labute approximate surface area is 134 Å². The van der Waals surface area contributed by atoms with Crippen LogP contribution in [0.4, 0.5) is 5.69 Å². The fourth-order valence-electron chi connectivity index (χ4n) is 2.26. The van der Waals surface area contributed by atoms with E-state index in [1.54, 1.807) is 4.90 Å². The summed E-state index contributed by atoms with van der Waals surface area (Å²) >= 11 is 1.47. The van der Waals surface area contributed by atoms with E-state index in [4.69, 9.17) is 0 Å². The molecule has 1 aliphatic heterocycles. The second-order valence-electron chi connectivity index (χ2n) is 5.01.